The van der Waals surface area contributed by atoms with Gasteiger partial charge in [-0.1, -0.05) is 29.8 Å². The Morgan fingerprint density at radius 1 is 1.15 bits per heavy atom. The minimum Gasteiger partial charge on any atom is -0.340 e. The van der Waals surface area contributed by atoms with Gasteiger partial charge in [0, 0.05) is 15.7 Å². The van der Waals surface area contributed by atoms with E-state index in [1.165, 1.54) is 11.9 Å². The van der Waals surface area contributed by atoms with Crippen molar-refractivity contribution in [3.63, 3.8) is 0 Å². The van der Waals surface area contributed by atoms with Gasteiger partial charge >= 0.3 is 0 Å². The minimum atomic E-state index is 0.248. The van der Waals surface area contributed by atoms with Gasteiger partial charge in [-0.25, -0.2) is 15.8 Å². The first kappa shape index (κ1) is 14.7. The zero-order chi connectivity index (χ0) is 14.7. The van der Waals surface area contributed by atoms with E-state index in [9.17, 15) is 0 Å². The van der Waals surface area contributed by atoms with Crippen LogP contribution < -0.4 is 16.6 Å². The first-order valence-electron chi connectivity index (χ1n) is 6.37. The van der Waals surface area contributed by atoms with Crippen LogP contribution in [0.4, 0.5) is 17.3 Å². The van der Waals surface area contributed by atoms with Crippen molar-refractivity contribution in [2.24, 2.45) is 5.84 Å². The fourth-order valence-corrected chi connectivity index (χ4v) is 2.71. The quantitative estimate of drug-likeness (QED) is 0.586. The molecule has 0 radical (unpaired) electrons. The average Bonchev–Trinajstić information content (AvgIpc) is 2.36. The third-order valence-electron chi connectivity index (χ3n) is 2.90. The zero-order valence-corrected chi connectivity index (χ0v) is 13.3. The van der Waals surface area contributed by atoms with Gasteiger partial charge in [0.25, 0.3) is 0 Å². The summed E-state index contributed by atoms with van der Waals surface area (Å²) in [7, 11) is 0. The number of nitrogens with two attached hydrogens (primary N) is 1. The number of aromatic nitrogens is 2. The maximum atomic E-state index is 5.52. The summed E-state index contributed by atoms with van der Waals surface area (Å²) in [6.45, 7) is 6.21. The first-order valence-corrected chi connectivity index (χ1v) is 7.16. The SMILES string of the molecule is Cc1cc(Br)cc(Nc2ncnc(NN)c2C(C)C)c1. The number of rotatable bonds is 4. The summed E-state index contributed by atoms with van der Waals surface area (Å²) >= 11 is 3.50. The number of nitrogen functional groups attached to an aromatic ring is 1. The monoisotopic (exact) mass is 335 g/mol. The second-order valence-corrected chi connectivity index (χ2v) is 5.84. The van der Waals surface area contributed by atoms with Crippen LogP contribution in [0.2, 0.25) is 0 Å². The predicted molar refractivity (Wildman–Crippen MR) is 86.1 cm³/mol. The Labute approximate surface area is 127 Å². The first-order chi connectivity index (χ1) is 9.51. The summed E-state index contributed by atoms with van der Waals surface area (Å²) in [5, 5.41) is 3.33. The molecule has 20 heavy (non-hydrogen) atoms. The van der Waals surface area contributed by atoms with Crippen LogP contribution >= 0.6 is 15.9 Å². The molecule has 0 aliphatic carbocycles. The predicted octanol–water partition coefficient (Wildman–Crippen LogP) is 3.70. The molecule has 0 bridgehead atoms. The molecule has 5 nitrogen and oxygen atoms in total. The van der Waals surface area contributed by atoms with Crippen LogP contribution in [0.1, 0.15) is 30.9 Å². The number of halogens is 1. The molecular weight excluding hydrogens is 318 g/mol. The van der Waals surface area contributed by atoms with E-state index in [0.717, 1.165) is 21.5 Å². The van der Waals surface area contributed by atoms with E-state index < -0.39 is 0 Å². The summed E-state index contributed by atoms with van der Waals surface area (Å²) in [4.78, 5) is 8.49. The number of benzene rings is 1. The van der Waals surface area contributed by atoms with Crippen molar-refractivity contribution in [3.05, 3.63) is 40.1 Å². The number of hydrogen-bond acceptors (Lipinski definition) is 5. The molecule has 2 rings (SSSR count). The Kier molecular flexibility index (Phi) is 4.57. The Hall–Kier alpha value is -1.66. The van der Waals surface area contributed by atoms with Gasteiger partial charge in [-0.15, -0.1) is 0 Å². The minimum absolute atomic E-state index is 0.248. The third kappa shape index (κ3) is 3.26. The standard InChI is InChI=1S/C14H18BrN5/c1-8(2)12-13(17-7-18-14(12)20-16)19-11-5-9(3)4-10(15)6-11/h4-8H,16H2,1-3H3,(H2,17,18,19,20). The van der Waals surface area contributed by atoms with Gasteiger partial charge in [0.2, 0.25) is 0 Å². The number of hydrazine groups is 1. The molecule has 106 valence electrons. The van der Waals surface area contributed by atoms with E-state index >= 15 is 0 Å². The second kappa shape index (κ2) is 6.19. The lowest BCUT2D eigenvalue weighted by atomic mass is 10.0. The van der Waals surface area contributed by atoms with Gasteiger partial charge in [-0.3, -0.25) is 0 Å². The zero-order valence-electron chi connectivity index (χ0n) is 11.7. The molecule has 1 aromatic carbocycles. The summed E-state index contributed by atoms with van der Waals surface area (Å²) in [6.07, 6.45) is 1.49. The summed E-state index contributed by atoms with van der Waals surface area (Å²) in [5.74, 6) is 7.18. The molecule has 0 spiro atoms. The molecule has 0 atom stereocenters. The van der Waals surface area contributed by atoms with E-state index in [4.69, 9.17) is 5.84 Å². The summed E-state index contributed by atoms with van der Waals surface area (Å²) < 4.78 is 1.03. The largest absolute Gasteiger partial charge is 0.340 e. The van der Waals surface area contributed by atoms with Crippen LogP contribution in [0.25, 0.3) is 0 Å². The molecule has 0 amide bonds. The molecule has 0 fully saturated rings. The lowest BCUT2D eigenvalue weighted by Crippen LogP contribution is -2.14. The topological polar surface area (TPSA) is 75.9 Å². The van der Waals surface area contributed by atoms with Gasteiger partial charge in [-0.2, -0.15) is 0 Å². The average molecular weight is 336 g/mol. The molecule has 0 unspecified atom stereocenters. The molecule has 0 aliphatic heterocycles. The molecule has 1 heterocycles. The highest BCUT2D eigenvalue weighted by Gasteiger charge is 2.14. The highest BCUT2D eigenvalue weighted by molar-refractivity contribution is 9.10. The molecule has 0 aliphatic rings. The molecule has 4 N–H and O–H groups in total. The second-order valence-electron chi connectivity index (χ2n) is 4.93. The number of aryl methyl sites for hydroxylation is 1. The Bertz CT molecular complexity index is 592. The Balaban J connectivity index is 2.42. The van der Waals surface area contributed by atoms with Crippen LogP contribution in [0.3, 0.4) is 0 Å². The van der Waals surface area contributed by atoms with Crippen molar-refractivity contribution in [1.29, 1.82) is 0 Å². The maximum Gasteiger partial charge on any atom is 0.148 e. The maximum absolute atomic E-state index is 5.52. The molecule has 0 saturated carbocycles. The smallest absolute Gasteiger partial charge is 0.148 e. The van der Waals surface area contributed by atoms with Gasteiger partial charge < -0.3 is 10.7 Å². The van der Waals surface area contributed by atoms with E-state index in [2.05, 4.69) is 62.6 Å². The molecule has 2 aromatic rings. The molecule has 0 saturated heterocycles. The van der Waals surface area contributed by atoms with E-state index in [1.807, 2.05) is 13.0 Å². The molecule has 1 aromatic heterocycles. The van der Waals surface area contributed by atoms with Crippen molar-refractivity contribution in [3.8, 4) is 0 Å². The van der Waals surface area contributed by atoms with E-state index in [0.29, 0.717) is 5.82 Å². The summed E-state index contributed by atoms with van der Waals surface area (Å²) in [6, 6.07) is 6.13. The Morgan fingerprint density at radius 2 is 1.85 bits per heavy atom. The third-order valence-corrected chi connectivity index (χ3v) is 3.36. The highest BCUT2D eigenvalue weighted by atomic mass is 79.9. The van der Waals surface area contributed by atoms with Crippen LogP contribution in [-0.2, 0) is 0 Å². The number of anilines is 3. The fraction of sp³-hybridized carbons (Fsp3) is 0.286. The van der Waals surface area contributed by atoms with Crippen LogP contribution in [0.15, 0.2) is 29.0 Å². The number of nitrogens with one attached hydrogen (secondary N) is 2. The van der Waals surface area contributed by atoms with Crippen molar-refractivity contribution < 1.29 is 0 Å². The van der Waals surface area contributed by atoms with Gasteiger partial charge in [0.05, 0.1) is 0 Å². The number of nitrogens with zero attached hydrogens (tertiary/aromatic N) is 2. The number of hydrogen-bond donors (Lipinski definition) is 3. The molecule has 6 heteroatoms. The van der Waals surface area contributed by atoms with Crippen molar-refractivity contribution in [1.82, 2.24) is 9.97 Å². The van der Waals surface area contributed by atoms with Gasteiger partial charge in [0.1, 0.15) is 18.0 Å². The summed E-state index contributed by atoms with van der Waals surface area (Å²) in [5.41, 5.74) is 5.73. The van der Waals surface area contributed by atoms with Crippen molar-refractivity contribution in [2.75, 3.05) is 10.7 Å². The van der Waals surface area contributed by atoms with E-state index in [-0.39, 0.29) is 5.92 Å². The van der Waals surface area contributed by atoms with Gasteiger partial charge in [-0.05, 0) is 36.6 Å². The Morgan fingerprint density at radius 3 is 2.45 bits per heavy atom. The lowest BCUT2D eigenvalue weighted by molar-refractivity contribution is 0.850. The van der Waals surface area contributed by atoms with E-state index in [1.54, 1.807) is 0 Å². The van der Waals surface area contributed by atoms with Crippen LogP contribution in [0.5, 0.6) is 0 Å². The normalized spacial score (nSPS) is 10.7. The van der Waals surface area contributed by atoms with Crippen LogP contribution in [-0.4, -0.2) is 9.97 Å². The van der Waals surface area contributed by atoms with Crippen molar-refractivity contribution >= 4 is 33.3 Å². The highest BCUT2D eigenvalue weighted by Crippen LogP contribution is 2.30. The van der Waals surface area contributed by atoms with Crippen LogP contribution in [0, 0.1) is 6.92 Å². The fourth-order valence-electron chi connectivity index (χ4n) is 2.10. The van der Waals surface area contributed by atoms with Gasteiger partial charge in [0.15, 0.2) is 0 Å². The lowest BCUT2D eigenvalue weighted by Gasteiger charge is -2.16. The molecular formula is C14H18BrN5. The van der Waals surface area contributed by atoms with Crippen molar-refractivity contribution in [2.45, 2.75) is 26.7 Å².